The van der Waals surface area contributed by atoms with Gasteiger partial charge in [-0.2, -0.15) is 0 Å². The standard InChI is InChI=1S/C25H24O5/c1-5-16-13-17(12-11-14(16)3)21-20(24(26)28-6-2)15(4)29-23-18-9-7-8-10-19(18)30-25(27)22(21)23/h7-13,21H,5-6H2,1-4H3. The minimum Gasteiger partial charge on any atom is -0.463 e. The molecule has 5 nitrogen and oxygen atoms in total. The Labute approximate surface area is 174 Å². The highest BCUT2D eigenvalue weighted by Crippen LogP contribution is 2.45. The van der Waals surface area contributed by atoms with Crippen LogP contribution in [0.1, 0.15) is 48.9 Å². The van der Waals surface area contributed by atoms with Crippen molar-refractivity contribution < 1.29 is 18.7 Å². The third kappa shape index (κ3) is 3.20. The number of ether oxygens (including phenoxy) is 2. The van der Waals surface area contributed by atoms with Crippen molar-refractivity contribution in [2.45, 2.75) is 40.0 Å². The number of fused-ring (bicyclic) bond motifs is 3. The van der Waals surface area contributed by atoms with Crippen LogP contribution in [0.2, 0.25) is 0 Å². The zero-order valence-electron chi connectivity index (χ0n) is 17.6. The summed E-state index contributed by atoms with van der Waals surface area (Å²) in [6, 6.07) is 13.3. The summed E-state index contributed by atoms with van der Waals surface area (Å²) in [5, 5.41) is 0.696. The van der Waals surface area contributed by atoms with Crippen LogP contribution in [0.15, 0.2) is 63.0 Å². The number of carbonyl (C=O) groups is 1. The van der Waals surface area contributed by atoms with Gasteiger partial charge in [-0.15, -0.1) is 0 Å². The fraction of sp³-hybridized carbons (Fsp3) is 0.280. The van der Waals surface area contributed by atoms with Gasteiger partial charge in [-0.1, -0.05) is 37.3 Å². The van der Waals surface area contributed by atoms with Crippen LogP contribution in [-0.4, -0.2) is 12.6 Å². The number of hydrogen-bond acceptors (Lipinski definition) is 5. The first kappa shape index (κ1) is 20.0. The van der Waals surface area contributed by atoms with E-state index in [4.69, 9.17) is 13.9 Å². The molecule has 1 atom stereocenters. The summed E-state index contributed by atoms with van der Waals surface area (Å²) in [4.78, 5) is 26.0. The van der Waals surface area contributed by atoms with Gasteiger partial charge >= 0.3 is 11.6 Å². The van der Waals surface area contributed by atoms with Crippen molar-refractivity contribution >= 4 is 16.9 Å². The summed E-state index contributed by atoms with van der Waals surface area (Å²) < 4.78 is 17.0. The van der Waals surface area contributed by atoms with E-state index in [1.54, 1.807) is 26.0 Å². The number of benzene rings is 2. The Balaban J connectivity index is 2.04. The van der Waals surface area contributed by atoms with E-state index in [1.165, 1.54) is 0 Å². The molecule has 4 rings (SSSR count). The number of esters is 1. The van der Waals surface area contributed by atoms with E-state index >= 15 is 0 Å². The molecule has 2 heterocycles. The SMILES string of the molecule is CCOC(=O)C1=C(C)Oc2c(c(=O)oc3ccccc23)C1c1ccc(C)c(CC)c1. The molecule has 2 aromatic carbocycles. The summed E-state index contributed by atoms with van der Waals surface area (Å²) in [6.45, 7) is 7.86. The molecule has 0 aliphatic carbocycles. The van der Waals surface area contributed by atoms with E-state index in [9.17, 15) is 9.59 Å². The van der Waals surface area contributed by atoms with Gasteiger partial charge in [0.25, 0.3) is 0 Å². The smallest absolute Gasteiger partial charge is 0.344 e. The molecule has 0 fully saturated rings. The Bertz CT molecular complexity index is 1230. The molecule has 0 saturated heterocycles. The monoisotopic (exact) mass is 404 g/mol. The Morgan fingerprint density at radius 1 is 1.10 bits per heavy atom. The largest absolute Gasteiger partial charge is 0.463 e. The number of aryl methyl sites for hydroxylation is 2. The zero-order valence-corrected chi connectivity index (χ0v) is 17.6. The molecule has 0 radical (unpaired) electrons. The van der Waals surface area contributed by atoms with Crippen LogP contribution in [0.4, 0.5) is 0 Å². The molecule has 0 amide bonds. The van der Waals surface area contributed by atoms with Crippen molar-refractivity contribution in [3.05, 3.63) is 86.5 Å². The van der Waals surface area contributed by atoms with Crippen LogP contribution < -0.4 is 10.4 Å². The number of hydrogen-bond donors (Lipinski definition) is 0. The molecule has 30 heavy (non-hydrogen) atoms. The fourth-order valence-corrected chi connectivity index (χ4v) is 4.11. The van der Waals surface area contributed by atoms with Crippen molar-refractivity contribution in [2.24, 2.45) is 0 Å². The topological polar surface area (TPSA) is 65.7 Å². The van der Waals surface area contributed by atoms with Crippen LogP contribution in [0.5, 0.6) is 5.75 Å². The summed E-state index contributed by atoms with van der Waals surface area (Å²) in [5.74, 6) is -0.243. The van der Waals surface area contributed by atoms with Gasteiger partial charge in [0.1, 0.15) is 17.1 Å². The highest BCUT2D eigenvalue weighted by Gasteiger charge is 2.38. The van der Waals surface area contributed by atoms with E-state index in [-0.39, 0.29) is 6.61 Å². The van der Waals surface area contributed by atoms with E-state index in [2.05, 4.69) is 19.9 Å². The maximum Gasteiger partial charge on any atom is 0.344 e. The van der Waals surface area contributed by atoms with Crippen LogP contribution in [0, 0.1) is 6.92 Å². The summed E-state index contributed by atoms with van der Waals surface area (Å²) >= 11 is 0. The highest BCUT2D eigenvalue weighted by molar-refractivity contribution is 5.94. The van der Waals surface area contributed by atoms with Gasteiger partial charge in [-0.25, -0.2) is 9.59 Å². The highest BCUT2D eigenvalue weighted by atomic mass is 16.5. The second-order valence-electron chi connectivity index (χ2n) is 7.39. The van der Waals surface area contributed by atoms with E-state index in [1.807, 2.05) is 24.3 Å². The van der Waals surface area contributed by atoms with Gasteiger partial charge in [0.05, 0.1) is 29.0 Å². The molecule has 0 spiro atoms. The van der Waals surface area contributed by atoms with E-state index < -0.39 is 17.5 Å². The van der Waals surface area contributed by atoms with Gasteiger partial charge in [0.2, 0.25) is 0 Å². The van der Waals surface area contributed by atoms with Crippen molar-refractivity contribution in [3.8, 4) is 5.75 Å². The van der Waals surface area contributed by atoms with Gasteiger partial charge in [0.15, 0.2) is 0 Å². The summed E-state index contributed by atoms with van der Waals surface area (Å²) in [6.07, 6.45) is 0.847. The first-order valence-electron chi connectivity index (χ1n) is 10.2. The average molecular weight is 404 g/mol. The lowest BCUT2D eigenvalue weighted by Crippen LogP contribution is -2.28. The second-order valence-corrected chi connectivity index (χ2v) is 7.39. The van der Waals surface area contributed by atoms with Crippen LogP contribution in [0.25, 0.3) is 11.0 Å². The lowest BCUT2D eigenvalue weighted by Gasteiger charge is -2.29. The maximum absolute atomic E-state index is 13.1. The molecule has 0 N–H and O–H groups in total. The van der Waals surface area contributed by atoms with Crippen molar-refractivity contribution in [3.63, 3.8) is 0 Å². The van der Waals surface area contributed by atoms with Gasteiger partial charge in [-0.3, -0.25) is 0 Å². The van der Waals surface area contributed by atoms with Gasteiger partial charge in [0, 0.05) is 0 Å². The lowest BCUT2D eigenvalue weighted by atomic mass is 9.81. The Morgan fingerprint density at radius 2 is 1.87 bits per heavy atom. The first-order valence-corrected chi connectivity index (χ1v) is 10.2. The number of allylic oxidation sites excluding steroid dienone is 1. The molecule has 5 heteroatoms. The predicted molar refractivity (Wildman–Crippen MR) is 115 cm³/mol. The number of carbonyl (C=O) groups excluding carboxylic acids is 1. The molecule has 0 saturated carbocycles. The molecule has 1 unspecified atom stereocenters. The quantitative estimate of drug-likeness (QED) is 0.451. The lowest BCUT2D eigenvalue weighted by molar-refractivity contribution is -0.139. The zero-order chi connectivity index (χ0) is 21.4. The maximum atomic E-state index is 13.1. The van der Waals surface area contributed by atoms with Crippen molar-refractivity contribution in [2.75, 3.05) is 6.61 Å². The minimum absolute atomic E-state index is 0.232. The summed E-state index contributed by atoms with van der Waals surface area (Å²) in [5.41, 5.74) is 3.76. The average Bonchev–Trinajstić information content (AvgIpc) is 2.73. The fourth-order valence-electron chi connectivity index (χ4n) is 4.11. The summed E-state index contributed by atoms with van der Waals surface area (Å²) in [7, 11) is 0. The van der Waals surface area contributed by atoms with E-state index in [0.29, 0.717) is 33.6 Å². The van der Waals surface area contributed by atoms with Crippen LogP contribution in [-0.2, 0) is 16.0 Å². The molecule has 0 bridgehead atoms. The molecule has 154 valence electrons. The van der Waals surface area contributed by atoms with Crippen molar-refractivity contribution in [1.82, 2.24) is 0 Å². The second kappa shape index (κ2) is 7.82. The molecule has 1 aromatic heterocycles. The normalized spacial score (nSPS) is 15.7. The predicted octanol–water partition coefficient (Wildman–Crippen LogP) is 5.03. The van der Waals surface area contributed by atoms with Gasteiger partial charge in [-0.05, 0) is 56.0 Å². The molecule has 3 aromatic rings. The first-order chi connectivity index (χ1) is 14.5. The molecule has 1 aliphatic rings. The minimum atomic E-state index is -0.625. The van der Waals surface area contributed by atoms with Crippen molar-refractivity contribution in [1.29, 1.82) is 0 Å². The van der Waals surface area contributed by atoms with Gasteiger partial charge < -0.3 is 13.9 Å². The third-order valence-corrected chi connectivity index (χ3v) is 5.59. The van der Waals surface area contributed by atoms with Crippen LogP contribution >= 0.6 is 0 Å². The Kier molecular flexibility index (Phi) is 5.20. The third-order valence-electron chi connectivity index (χ3n) is 5.59. The molecular weight excluding hydrogens is 380 g/mol. The number of para-hydroxylation sites is 1. The molecule has 1 aliphatic heterocycles. The Hall–Kier alpha value is -3.34. The number of rotatable bonds is 4. The van der Waals surface area contributed by atoms with E-state index in [0.717, 1.165) is 23.1 Å². The Morgan fingerprint density at radius 3 is 2.60 bits per heavy atom. The molecular formula is C25H24O5. The van der Waals surface area contributed by atoms with Crippen LogP contribution in [0.3, 0.4) is 0 Å².